The van der Waals surface area contributed by atoms with Gasteiger partial charge in [-0.1, -0.05) is 43.3 Å². The number of esters is 1. The molecule has 1 saturated heterocycles. The highest BCUT2D eigenvalue weighted by molar-refractivity contribution is 7.89. The van der Waals surface area contributed by atoms with Crippen LogP contribution in [-0.2, 0) is 29.1 Å². The second-order valence-corrected chi connectivity index (χ2v) is 9.63. The molecule has 0 aliphatic carbocycles. The van der Waals surface area contributed by atoms with Gasteiger partial charge < -0.3 is 14.8 Å². The minimum atomic E-state index is -3.70. The van der Waals surface area contributed by atoms with Gasteiger partial charge in [0.05, 0.1) is 24.5 Å². The van der Waals surface area contributed by atoms with Crippen LogP contribution in [0.3, 0.4) is 0 Å². The summed E-state index contributed by atoms with van der Waals surface area (Å²) in [6.07, 6.45) is 0.157. The molecule has 1 atom stereocenters. The highest BCUT2D eigenvalue weighted by Crippen LogP contribution is 2.24. The molecule has 1 aliphatic rings. The number of morpholine rings is 1. The second kappa shape index (κ2) is 10.7. The van der Waals surface area contributed by atoms with Crippen LogP contribution in [0.15, 0.2) is 53.4 Å². The number of nitrogens with zero attached hydrogens (tertiary/aromatic N) is 1. The summed E-state index contributed by atoms with van der Waals surface area (Å²) in [6.45, 7) is 4.45. The van der Waals surface area contributed by atoms with Crippen molar-refractivity contribution in [2.24, 2.45) is 0 Å². The fraction of sp³-hybridized carbons (Fsp3) is 0.391. The summed E-state index contributed by atoms with van der Waals surface area (Å²) in [4.78, 5) is 24.5. The Kier molecular flexibility index (Phi) is 8.00. The first kappa shape index (κ1) is 23.9. The zero-order valence-electron chi connectivity index (χ0n) is 18.2. The Morgan fingerprint density at radius 2 is 1.81 bits per heavy atom. The molecule has 0 saturated carbocycles. The summed E-state index contributed by atoms with van der Waals surface area (Å²) in [5.74, 6) is -1.04. The first-order valence-electron chi connectivity index (χ1n) is 10.5. The summed E-state index contributed by atoms with van der Waals surface area (Å²) in [7, 11) is -3.70. The first-order chi connectivity index (χ1) is 15.3. The van der Waals surface area contributed by atoms with Crippen LogP contribution >= 0.6 is 0 Å². The lowest BCUT2D eigenvalue weighted by Crippen LogP contribution is -2.40. The predicted molar refractivity (Wildman–Crippen MR) is 120 cm³/mol. The van der Waals surface area contributed by atoms with Crippen molar-refractivity contribution < 1.29 is 27.5 Å². The average Bonchev–Trinajstić information content (AvgIpc) is 2.80. The van der Waals surface area contributed by atoms with Gasteiger partial charge >= 0.3 is 5.97 Å². The van der Waals surface area contributed by atoms with Crippen LogP contribution < -0.4 is 5.32 Å². The Hall–Kier alpha value is -2.75. The summed E-state index contributed by atoms with van der Waals surface area (Å²) in [6, 6.07) is 14.3. The van der Waals surface area contributed by atoms with Gasteiger partial charge in [0.2, 0.25) is 10.0 Å². The molecule has 1 unspecified atom stereocenters. The van der Waals surface area contributed by atoms with Crippen LogP contribution in [0.25, 0.3) is 0 Å². The molecule has 2 aromatic rings. The third-order valence-electron chi connectivity index (χ3n) is 5.27. The molecule has 1 fully saturated rings. The zero-order valence-corrected chi connectivity index (χ0v) is 19.1. The van der Waals surface area contributed by atoms with E-state index in [9.17, 15) is 18.0 Å². The standard InChI is InChI=1S/C23H28N2O6S/c1-17-8-9-20(15-21(17)32(28,29)25-10-12-30-13-11-25)24-22(26)16-31-23(27)14-18(2)19-6-4-3-5-7-19/h3-9,15,18H,10-14,16H2,1-2H3,(H,24,26). The minimum Gasteiger partial charge on any atom is -0.456 e. The van der Waals surface area contributed by atoms with Gasteiger partial charge in [-0.2, -0.15) is 4.31 Å². The number of anilines is 1. The third-order valence-corrected chi connectivity index (χ3v) is 7.31. The van der Waals surface area contributed by atoms with E-state index in [0.717, 1.165) is 5.56 Å². The summed E-state index contributed by atoms with van der Waals surface area (Å²) in [5, 5.41) is 2.60. The first-order valence-corrected chi connectivity index (χ1v) is 11.9. The molecule has 1 heterocycles. The van der Waals surface area contributed by atoms with E-state index >= 15 is 0 Å². The molecule has 1 amide bonds. The van der Waals surface area contributed by atoms with E-state index < -0.39 is 28.5 Å². The number of ether oxygens (including phenoxy) is 2. The van der Waals surface area contributed by atoms with E-state index in [4.69, 9.17) is 9.47 Å². The monoisotopic (exact) mass is 460 g/mol. The highest BCUT2D eigenvalue weighted by atomic mass is 32.2. The molecule has 0 aromatic heterocycles. The van der Waals surface area contributed by atoms with Crippen molar-refractivity contribution in [3.63, 3.8) is 0 Å². The number of amides is 1. The zero-order chi connectivity index (χ0) is 23.1. The van der Waals surface area contributed by atoms with Gasteiger partial charge in [-0.05, 0) is 36.1 Å². The number of hydrogen-bond donors (Lipinski definition) is 1. The number of nitrogens with one attached hydrogen (secondary N) is 1. The molecule has 2 aromatic carbocycles. The lowest BCUT2D eigenvalue weighted by molar-refractivity contribution is -0.147. The number of benzene rings is 2. The minimum absolute atomic E-state index is 0.0307. The number of aryl methyl sites for hydroxylation is 1. The van der Waals surface area contributed by atoms with Crippen molar-refractivity contribution >= 4 is 27.6 Å². The number of carbonyl (C=O) groups is 2. The largest absolute Gasteiger partial charge is 0.456 e. The highest BCUT2D eigenvalue weighted by Gasteiger charge is 2.28. The van der Waals surface area contributed by atoms with E-state index in [1.165, 1.54) is 10.4 Å². The van der Waals surface area contributed by atoms with E-state index in [1.54, 1.807) is 19.1 Å². The van der Waals surface area contributed by atoms with Crippen molar-refractivity contribution in [1.82, 2.24) is 4.31 Å². The van der Waals surface area contributed by atoms with Crippen molar-refractivity contribution in [1.29, 1.82) is 0 Å². The fourth-order valence-electron chi connectivity index (χ4n) is 3.43. The Morgan fingerprint density at radius 3 is 2.50 bits per heavy atom. The number of hydrogen-bond acceptors (Lipinski definition) is 6. The lowest BCUT2D eigenvalue weighted by Gasteiger charge is -2.26. The van der Waals surface area contributed by atoms with Gasteiger partial charge in [-0.3, -0.25) is 9.59 Å². The van der Waals surface area contributed by atoms with E-state index in [-0.39, 0.29) is 30.3 Å². The van der Waals surface area contributed by atoms with Crippen molar-refractivity contribution in [2.45, 2.75) is 31.1 Å². The molecule has 0 spiro atoms. The van der Waals surface area contributed by atoms with Gasteiger partial charge in [0.1, 0.15) is 0 Å². The van der Waals surface area contributed by atoms with Crippen molar-refractivity contribution in [2.75, 3.05) is 38.2 Å². The van der Waals surface area contributed by atoms with Gasteiger partial charge in [-0.25, -0.2) is 8.42 Å². The Labute approximate surface area is 188 Å². The molecule has 32 heavy (non-hydrogen) atoms. The van der Waals surface area contributed by atoms with Crippen LogP contribution in [-0.4, -0.2) is 57.5 Å². The molecule has 9 heteroatoms. The number of sulfonamides is 1. The number of carbonyl (C=O) groups excluding carboxylic acids is 2. The molecule has 1 N–H and O–H groups in total. The molecule has 0 radical (unpaired) electrons. The van der Waals surface area contributed by atoms with Crippen LogP contribution in [0.4, 0.5) is 5.69 Å². The SMILES string of the molecule is Cc1ccc(NC(=O)COC(=O)CC(C)c2ccccc2)cc1S(=O)(=O)N1CCOCC1. The van der Waals surface area contributed by atoms with Crippen LogP contribution in [0.5, 0.6) is 0 Å². The summed E-state index contributed by atoms with van der Waals surface area (Å²) < 4.78 is 37.6. The Bertz CT molecular complexity index is 1050. The normalized spacial score (nSPS) is 15.7. The Morgan fingerprint density at radius 1 is 1.12 bits per heavy atom. The molecular weight excluding hydrogens is 432 g/mol. The predicted octanol–water partition coefficient (Wildman–Crippen LogP) is 2.69. The quantitative estimate of drug-likeness (QED) is 0.608. The smallest absolute Gasteiger partial charge is 0.306 e. The van der Waals surface area contributed by atoms with Crippen molar-refractivity contribution in [3.05, 3.63) is 59.7 Å². The van der Waals surface area contributed by atoms with E-state index in [0.29, 0.717) is 24.5 Å². The van der Waals surface area contributed by atoms with Crippen LogP contribution in [0.1, 0.15) is 30.4 Å². The van der Waals surface area contributed by atoms with Gasteiger partial charge in [0.15, 0.2) is 6.61 Å². The van der Waals surface area contributed by atoms with Crippen LogP contribution in [0.2, 0.25) is 0 Å². The number of rotatable bonds is 8. The van der Waals surface area contributed by atoms with Crippen LogP contribution in [0, 0.1) is 6.92 Å². The lowest BCUT2D eigenvalue weighted by atomic mass is 9.98. The molecule has 172 valence electrons. The van der Waals surface area contributed by atoms with E-state index in [2.05, 4.69) is 5.32 Å². The maximum absolute atomic E-state index is 13.0. The molecule has 8 nitrogen and oxygen atoms in total. The van der Waals surface area contributed by atoms with Gasteiger partial charge in [0.25, 0.3) is 5.91 Å². The third kappa shape index (κ3) is 6.15. The average molecular weight is 461 g/mol. The Balaban J connectivity index is 1.57. The molecule has 0 bridgehead atoms. The maximum atomic E-state index is 13.0. The summed E-state index contributed by atoms with van der Waals surface area (Å²) >= 11 is 0. The topological polar surface area (TPSA) is 102 Å². The van der Waals surface area contributed by atoms with Crippen molar-refractivity contribution in [3.8, 4) is 0 Å². The maximum Gasteiger partial charge on any atom is 0.306 e. The van der Waals surface area contributed by atoms with Gasteiger partial charge in [-0.15, -0.1) is 0 Å². The fourth-order valence-corrected chi connectivity index (χ4v) is 5.09. The molecular formula is C23H28N2O6S. The molecule has 1 aliphatic heterocycles. The van der Waals surface area contributed by atoms with E-state index in [1.807, 2.05) is 37.3 Å². The molecule has 3 rings (SSSR count). The van der Waals surface area contributed by atoms with Gasteiger partial charge in [0, 0.05) is 18.8 Å². The second-order valence-electron chi connectivity index (χ2n) is 7.72. The summed E-state index contributed by atoms with van der Waals surface area (Å²) in [5.41, 5.74) is 1.92.